The number of benzene rings is 1. The van der Waals surface area contributed by atoms with Gasteiger partial charge in [0.15, 0.2) is 0 Å². The van der Waals surface area contributed by atoms with Crippen LogP contribution in [0.15, 0.2) is 24.3 Å². The van der Waals surface area contributed by atoms with Crippen LogP contribution in [0.2, 0.25) is 0 Å². The van der Waals surface area contributed by atoms with Gasteiger partial charge in [-0.05, 0) is 51.1 Å². The molecule has 2 rings (SSSR count). The second-order valence-electron chi connectivity index (χ2n) is 7.12. The smallest absolute Gasteiger partial charge is 0.244 e. The molecule has 0 saturated heterocycles. The van der Waals surface area contributed by atoms with E-state index in [-0.39, 0.29) is 5.91 Å². The van der Waals surface area contributed by atoms with Crippen molar-refractivity contribution in [2.75, 3.05) is 34.9 Å². The van der Waals surface area contributed by atoms with E-state index in [4.69, 9.17) is 9.47 Å². The summed E-state index contributed by atoms with van der Waals surface area (Å²) in [7, 11) is 7.43. The quantitative estimate of drug-likeness (QED) is 0.723. The molecule has 1 aliphatic carbocycles. The molecule has 1 aliphatic rings. The van der Waals surface area contributed by atoms with Crippen LogP contribution in [0, 0.1) is 5.92 Å². The normalized spacial score (nSPS) is 16.7. The van der Waals surface area contributed by atoms with Crippen LogP contribution in [0.1, 0.15) is 37.7 Å². The minimum atomic E-state index is -0.0782. The van der Waals surface area contributed by atoms with Crippen molar-refractivity contribution in [1.82, 2.24) is 10.2 Å². The number of carbonyl (C=O) groups excluding carboxylic acids is 1. The largest absolute Gasteiger partial charge is 0.497 e. The van der Waals surface area contributed by atoms with Crippen LogP contribution >= 0.6 is 0 Å². The molecule has 1 amide bonds. The second-order valence-corrected chi connectivity index (χ2v) is 7.12. The van der Waals surface area contributed by atoms with Gasteiger partial charge in [-0.25, -0.2) is 0 Å². The first-order valence-electron chi connectivity index (χ1n) is 9.39. The predicted octanol–water partition coefficient (Wildman–Crippen LogP) is 3.34. The minimum Gasteiger partial charge on any atom is -0.497 e. The predicted molar refractivity (Wildman–Crippen MR) is 106 cm³/mol. The number of rotatable bonds is 8. The molecule has 0 spiro atoms. The van der Waals surface area contributed by atoms with Gasteiger partial charge in [-0.1, -0.05) is 19.3 Å². The fourth-order valence-electron chi connectivity index (χ4n) is 3.68. The topological polar surface area (TPSA) is 50.8 Å². The zero-order chi connectivity index (χ0) is 18.9. The second kappa shape index (κ2) is 10.2. The number of likely N-dealkylation sites (N-methyl/N-ethyl adjacent to an activating group) is 1. The van der Waals surface area contributed by atoms with Crippen molar-refractivity contribution in [2.24, 2.45) is 5.92 Å². The third-order valence-electron chi connectivity index (χ3n) is 5.20. The van der Waals surface area contributed by atoms with Gasteiger partial charge < -0.3 is 19.7 Å². The van der Waals surface area contributed by atoms with Crippen molar-refractivity contribution in [1.29, 1.82) is 0 Å². The molecule has 1 aromatic carbocycles. The SMILES string of the molecule is COc1ccc(/C=C/C(=O)NCC(C2CCCCC2)N(C)C)c(OC)c1. The molecule has 26 heavy (non-hydrogen) atoms. The van der Waals surface area contributed by atoms with E-state index in [0.717, 1.165) is 11.3 Å². The molecule has 5 heteroatoms. The Morgan fingerprint density at radius 2 is 1.96 bits per heavy atom. The van der Waals surface area contributed by atoms with E-state index in [1.165, 1.54) is 32.1 Å². The molecule has 1 atom stereocenters. The average molecular weight is 360 g/mol. The summed E-state index contributed by atoms with van der Waals surface area (Å²) in [5, 5.41) is 3.06. The summed E-state index contributed by atoms with van der Waals surface area (Å²) >= 11 is 0. The third-order valence-corrected chi connectivity index (χ3v) is 5.20. The summed E-state index contributed by atoms with van der Waals surface area (Å²) < 4.78 is 10.6. The summed E-state index contributed by atoms with van der Waals surface area (Å²) in [5.74, 6) is 2.00. The summed E-state index contributed by atoms with van der Waals surface area (Å²) in [5.41, 5.74) is 0.847. The van der Waals surface area contributed by atoms with Gasteiger partial charge in [-0.3, -0.25) is 4.79 Å². The molecule has 0 radical (unpaired) electrons. The number of hydrogen-bond acceptors (Lipinski definition) is 4. The summed E-state index contributed by atoms with van der Waals surface area (Å²) in [4.78, 5) is 14.5. The number of methoxy groups -OCH3 is 2. The van der Waals surface area contributed by atoms with E-state index >= 15 is 0 Å². The molecule has 1 unspecified atom stereocenters. The first-order chi connectivity index (χ1) is 12.5. The van der Waals surface area contributed by atoms with Crippen molar-refractivity contribution < 1.29 is 14.3 Å². The standard InChI is InChI=1S/C21H32N2O3/c1-23(2)19(16-8-6-5-7-9-16)15-22-21(24)13-11-17-10-12-18(25-3)14-20(17)26-4/h10-14,16,19H,5-9,15H2,1-4H3,(H,22,24)/b13-11+. The highest BCUT2D eigenvalue weighted by Crippen LogP contribution is 2.28. The molecular weight excluding hydrogens is 328 g/mol. The number of hydrogen-bond donors (Lipinski definition) is 1. The monoisotopic (exact) mass is 360 g/mol. The minimum absolute atomic E-state index is 0.0782. The Balaban J connectivity index is 1.93. The fraction of sp³-hybridized carbons (Fsp3) is 0.571. The molecular formula is C21H32N2O3. The fourth-order valence-corrected chi connectivity index (χ4v) is 3.68. The number of nitrogens with one attached hydrogen (secondary N) is 1. The van der Waals surface area contributed by atoms with Crippen LogP contribution in [-0.4, -0.2) is 51.7 Å². The maximum absolute atomic E-state index is 12.3. The van der Waals surface area contributed by atoms with Gasteiger partial charge in [0.2, 0.25) is 5.91 Å². The molecule has 0 heterocycles. The van der Waals surface area contributed by atoms with Crippen molar-refractivity contribution >= 4 is 12.0 Å². The van der Waals surface area contributed by atoms with Crippen molar-refractivity contribution in [3.8, 4) is 11.5 Å². The van der Waals surface area contributed by atoms with Gasteiger partial charge in [-0.2, -0.15) is 0 Å². The Morgan fingerprint density at radius 1 is 1.23 bits per heavy atom. The van der Waals surface area contributed by atoms with Gasteiger partial charge in [0.25, 0.3) is 0 Å². The molecule has 1 saturated carbocycles. The number of nitrogens with zero attached hydrogens (tertiary/aromatic N) is 1. The molecule has 5 nitrogen and oxygen atoms in total. The van der Waals surface area contributed by atoms with Crippen LogP contribution in [0.3, 0.4) is 0 Å². The lowest BCUT2D eigenvalue weighted by Gasteiger charge is -2.34. The number of ether oxygens (including phenoxy) is 2. The van der Waals surface area contributed by atoms with E-state index in [1.807, 2.05) is 18.2 Å². The zero-order valence-corrected chi connectivity index (χ0v) is 16.5. The van der Waals surface area contributed by atoms with Gasteiger partial charge in [0.05, 0.1) is 14.2 Å². The maximum atomic E-state index is 12.3. The van der Waals surface area contributed by atoms with Crippen LogP contribution in [0.5, 0.6) is 11.5 Å². The van der Waals surface area contributed by atoms with E-state index in [9.17, 15) is 4.79 Å². The van der Waals surface area contributed by atoms with E-state index < -0.39 is 0 Å². The first kappa shape index (κ1) is 20.3. The van der Waals surface area contributed by atoms with Crippen molar-refractivity contribution in [3.05, 3.63) is 29.8 Å². The molecule has 1 fully saturated rings. The van der Waals surface area contributed by atoms with E-state index in [2.05, 4.69) is 24.3 Å². The first-order valence-corrected chi connectivity index (χ1v) is 9.39. The van der Waals surface area contributed by atoms with Crippen LogP contribution < -0.4 is 14.8 Å². The Bertz CT molecular complexity index is 607. The average Bonchev–Trinajstić information content (AvgIpc) is 2.66. The zero-order valence-electron chi connectivity index (χ0n) is 16.5. The molecule has 0 bridgehead atoms. The maximum Gasteiger partial charge on any atom is 0.244 e. The lowest BCUT2D eigenvalue weighted by atomic mass is 9.83. The number of carbonyl (C=O) groups is 1. The highest BCUT2D eigenvalue weighted by atomic mass is 16.5. The lowest BCUT2D eigenvalue weighted by molar-refractivity contribution is -0.116. The summed E-state index contributed by atoms with van der Waals surface area (Å²) in [6.45, 7) is 0.681. The lowest BCUT2D eigenvalue weighted by Crippen LogP contribution is -2.45. The van der Waals surface area contributed by atoms with Crippen molar-refractivity contribution in [2.45, 2.75) is 38.1 Å². The molecule has 1 aromatic rings. The van der Waals surface area contributed by atoms with E-state index in [0.29, 0.717) is 24.3 Å². The highest BCUT2D eigenvalue weighted by Gasteiger charge is 2.25. The molecule has 0 aliphatic heterocycles. The highest BCUT2D eigenvalue weighted by molar-refractivity contribution is 5.92. The Kier molecular flexibility index (Phi) is 7.98. The third kappa shape index (κ3) is 5.77. The summed E-state index contributed by atoms with van der Waals surface area (Å²) in [6.07, 6.45) is 9.82. The van der Waals surface area contributed by atoms with Crippen LogP contribution in [0.25, 0.3) is 6.08 Å². The number of amides is 1. The van der Waals surface area contributed by atoms with Gasteiger partial charge in [0, 0.05) is 30.3 Å². The Hall–Kier alpha value is -2.01. The van der Waals surface area contributed by atoms with Crippen LogP contribution in [0.4, 0.5) is 0 Å². The molecule has 0 aromatic heterocycles. The Labute approximate surface area is 157 Å². The van der Waals surface area contributed by atoms with Gasteiger partial charge >= 0.3 is 0 Å². The molecule has 1 N–H and O–H groups in total. The Morgan fingerprint density at radius 3 is 2.58 bits per heavy atom. The van der Waals surface area contributed by atoms with Crippen molar-refractivity contribution in [3.63, 3.8) is 0 Å². The summed E-state index contributed by atoms with van der Waals surface area (Å²) in [6, 6.07) is 5.93. The van der Waals surface area contributed by atoms with Gasteiger partial charge in [0.1, 0.15) is 11.5 Å². The van der Waals surface area contributed by atoms with Crippen LogP contribution in [-0.2, 0) is 4.79 Å². The molecule has 144 valence electrons. The van der Waals surface area contributed by atoms with E-state index in [1.54, 1.807) is 26.4 Å². The van der Waals surface area contributed by atoms with Gasteiger partial charge in [-0.15, -0.1) is 0 Å².